The Kier molecular flexibility index (Phi) is 6.36. The molecule has 0 saturated carbocycles. The van der Waals surface area contributed by atoms with Crippen LogP contribution in [0.3, 0.4) is 0 Å². The molecule has 0 aliphatic carbocycles. The van der Waals surface area contributed by atoms with Crippen molar-refractivity contribution in [1.82, 2.24) is 15.4 Å². The van der Waals surface area contributed by atoms with Crippen molar-refractivity contribution in [1.29, 1.82) is 0 Å². The zero-order valence-electron chi connectivity index (χ0n) is 15.1. The van der Waals surface area contributed by atoms with Crippen molar-refractivity contribution in [2.24, 2.45) is 10.9 Å². The van der Waals surface area contributed by atoms with Gasteiger partial charge in [0, 0.05) is 12.1 Å². The molecule has 142 valence electrons. The second-order valence-corrected chi connectivity index (χ2v) is 7.99. The number of carbonyl (C=O) groups excluding carboxylic acids is 2. The average molecular weight is 380 g/mol. The third kappa shape index (κ3) is 4.60. The van der Waals surface area contributed by atoms with Crippen molar-refractivity contribution in [2.45, 2.75) is 38.1 Å². The number of rotatable bonds is 7. The zero-order chi connectivity index (χ0) is 19.3. The number of nitrogens with zero attached hydrogens (tertiary/aromatic N) is 1. The van der Waals surface area contributed by atoms with Crippen LogP contribution < -0.4 is 15.4 Å². The van der Waals surface area contributed by atoms with Crippen LogP contribution in [0.25, 0.3) is 0 Å². The van der Waals surface area contributed by atoms with Crippen LogP contribution in [0.2, 0.25) is 0 Å². The van der Waals surface area contributed by atoms with Crippen LogP contribution in [0.4, 0.5) is 0 Å². The van der Waals surface area contributed by atoms with Crippen molar-refractivity contribution >= 4 is 27.7 Å². The highest BCUT2D eigenvalue weighted by molar-refractivity contribution is 7.90. The Morgan fingerprint density at radius 1 is 1.19 bits per heavy atom. The Bertz CT molecular complexity index is 818. The quantitative estimate of drug-likeness (QED) is 0.634. The number of aliphatic imine (C=N–C) groups is 1. The second-order valence-electron chi connectivity index (χ2n) is 6.34. The Morgan fingerprint density at radius 2 is 1.88 bits per heavy atom. The minimum absolute atomic E-state index is 0.139. The number of amides is 2. The van der Waals surface area contributed by atoms with E-state index in [-0.39, 0.29) is 29.1 Å². The van der Waals surface area contributed by atoms with E-state index in [0.29, 0.717) is 12.1 Å². The van der Waals surface area contributed by atoms with E-state index in [0.717, 1.165) is 6.42 Å². The van der Waals surface area contributed by atoms with Gasteiger partial charge in [-0.2, -0.15) is 0 Å². The molecule has 2 amide bonds. The van der Waals surface area contributed by atoms with Gasteiger partial charge < -0.3 is 10.6 Å². The fourth-order valence-electron chi connectivity index (χ4n) is 2.48. The monoisotopic (exact) mass is 380 g/mol. The summed E-state index contributed by atoms with van der Waals surface area (Å²) in [5.74, 6) is -0.742. The van der Waals surface area contributed by atoms with Crippen molar-refractivity contribution in [3.63, 3.8) is 0 Å². The van der Waals surface area contributed by atoms with E-state index < -0.39 is 22.0 Å². The van der Waals surface area contributed by atoms with E-state index in [2.05, 4.69) is 20.3 Å². The standard InChI is InChI=1S/C17H24N4O4S/c1-4-9-18-14(22)10-19-17(23)15(11(2)3)20-16-12-7-5-6-8-13(12)26(24,25)21-16/h5-8,11,15H,4,9-10H2,1-3H3,(H,18,22)(H,19,23)(H,20,21)/t15-/m0/s1. The molecule has 0 radical (unpaired) electrons. The topological polar surface area (TPSA) is 117 Å². The lowest BCUT2D eigenvalue weighted by Crippen LogP contribution is -2.43. The molecule has 0 fully saturated rings. The molecule has 1 aromatic rings. The molecule has 9 heteroatoms. The maximum Gasteiger partial charge on any atom is 0.263 e. The van der Waals surface area contributed by atoms with Gasteiger partial charge in [-0.25, -0.2) is 8.42 Å². The van der Waals surface area contributed by atoms with Crippen molar-refractivity contribution in [2.75, 3.05) is 13.1 Å². The van der Waals surface area contributed by atoms with E-state index in [1.54, 1.807) is 32.0 Å². The number of carbonyl (C=O) groups is 2. The Balaban J connectivity index is 2.17. The molecule has 1 heterocycles. The predicted molar refractivity (Wildman–Crippen MR) is 98.2 cm³/mol. The number of fused-ring (bicyclic) bond motifs is 1. The molecular formula is C17H24N4O4S. The van der Waals surface area contributed by atoms with E-state index in [1.807, 2.05) is 6.92 Å². The van der Waals surface area contributed by atoms with E-state index in [4.69, 9.17) is 0 Å². The average Bonchev–Trinajstić information content (AvgIpc) is 2.86. The van der Waals surface area contributed by atoms with Crippen LogP contribution in [0.5, 0.6) is 0 Å². The van der Waals surface area contributed by atoms with Gasteiger partial charge in [-0.15, -0.1) is 0 Å². The molecule has 0 bridgehead atoms. The van der Waals surface area contributed by atoms with Gasteiger partial charge in [0.15, 0.2) is 0 Å². The summed E-state index contributed by atoms with van der Waals surface area (Å²) in [5, 5.41) is 5.23. The summed E-state index contributed by atoms with van der Waals surface area (Å²) < 4.78 is 26.7. The first-order valence-electron chi connectivity index (χ1n) is 8.50. The molecule has 1 aromatic carbocycles. The summed E-state index contributed by atoms with van der Waals surface area (Å²) >= 11 is 0. The number of sulfonamides is 1. The normalized spacial score (nSPS) is 17.5. The number of hydrogen-bond donors (Lipinski definition) is 3. The fourth-order valence-corrected chi connectivity index (χ4v) is 3.72. The summed E-state index contributed by atoms with van der Waals surface area (Å²) in [4.78, 5) is 28.6. The predicted octanol–water partition coefficient (Wildman–Crippen LogP) is 0.392. The zero-order valence-corrected chi connectivity index (χ0v) is 15.9. The van der Waals surface area contributed by atoms with Gasteiger partial charge in [-0.05, 0) is 24.5 Å². The largest absolute Gasteiger partial charge is 0.355 e. The molecule has 0 aromatic heterocycles. The maximum atomic E-state index is 12.4. The van der Waals surface area contributed by atoms with Crippen LogP contribution >= 0.6 is 0 Å². The minimum Gasteiger partial charge on any atom is -0.355 e. The van der Waals surface area contributed by atoms with E-state index in [9.17, 15) is 18.0 Å². The minimum atomic E-state index is -3.66. The third-order valence-electron chi connectivity index (χ3n) is 3.83. The van der Waals surface area contributed by atoms with Gasteiger partial charge in [0.1, 0.15) is 11.9 Å². The number of benzene rings is 1. The molecule has 2 rings (SSSR count). The fraction of sp³-hybridized carbons (Fsp3) is 0.471. The molecule has 1 atom stereocenters. The summed E-state index contributed by atoms with van der Waals surface area (Å²) in [6, 6.07) is 5.64. The lowest BCUT2D eigenvalue weighted by molar-refractivity contribution is -0.127. The van der Waals surface area contributed by atoms with E-state index in [1.165, 1.54) is 6.07 Å². The summed E-state index contributed by atoms with van der Waals surface area (Å²) in [7, 11) is -3.66. The van der Waals surface area contributed by atoms with Crippen LogP contribution in [0.15, 0.2) is 34.2 Å². The van der Waals surface area contributed by atoms with Gasteiger partial charge in [0.2, 0.25) is 11.8 Å². The van der Waals surface area contributed by atoms with E-state index >= 15 is 0 Å². The highest BCUT2D eigenvalue weighted by Gasteiger charge is 2.32. The summed E-state index contributed by atoms with van der Waals surface area (Å²) in [5.41, 5.74) is 0.437. The van der Waals surface area contributed by atoms with Crippen LogP contribution in [-0.2, 0) is 19.6 Å². The Morgan fingerprint density at radius 3 is 2.54 bits per heavy atom. The van der Waals surface area contributed by atoms with Gasteiger partial charge in [-0.1, -0.05) is 32.9 Å². The molecule has 1 aliphatic rings. The lowest BCUT2D eigenvalue weighted by atomic mass is 10.0. The molecule has 1 aliphatic heterocycles. The van der Waals surface area contributed by atoms with Crippen molar-refractivity contribution < 1.29 is 18.0 Å². The first-order valence-corrected chi connectivity index (χ1v) is 9.99. The lowest BCUT2D eigenvalue weighted by Gasteiger charge is -2.17. The van der Waals surface area contributed by atoms with Gasteiger partial charge >= 0.3 is 0 Å². The summed E-state index contributed by atoms with van der Waals surface area (Å²) in [6.45, 7) is 5.95. The highest BCUT2D eigenvalue weighted by Crippen LogP contribution is 2.23. The van der Waals surface area contributed by atoms with Crippen LogP contribution in [-0.4, -0.2) is 45.2 Å². The molecule has 26 heavy (non-hydrogen) atoms. The molecule has 0 unspecified atom stereocenters. The first kappa shape index (κ1) is 19.9. The number of hydrogen-bond acceptors (Lipinski definition) is 5. The summed E-state index contributed by atoms with van der Waals surface area (Å²) in [6.07, 6.45) is 0.807. The Labute approximate surface area is 153 Å². The second kappa shape index (κ2) is 8.31. The van der Waals surface area contributed by atoms with Gasteiger partial charge in [0.05, 0.1) is 11.4 Å². The molecule has 0 spiro atoms. The maximum absolute atomic E-state index is 12.4. The highest BCUT2D eigenvalue weighted by atomic mass is 32.2. The SMILES string of the molecule is CCCNC(=O)CNC(=O)[C@@H](N=C1NS(=O)(=O)c2ccccc21)C(C)C. The van der Waals surface area contributed by atoms with Gasteiger partial charge in [-0.3, -0.25) is 19.3 Å². The Hall–Kier alpha value is -2.42. The van der Waals surface area contributed by atoms with Crippen molar-refractivity contribution in [3.8, 4) is 0 Å². The molecule has 0 saturated heterocycles. The van der Waals surface area contributed by atoms with Crippen molar-refractivity contribution in [3.05, 3.63) is 29.8 Å². The van der Waals surface area contributed by atoms with Crippen LogP contribution in [0, 0.1) is 5.92 Å². The first-order chi connectivity index (χ1) is 12.3. The van der Waals surface area contributed by atoms with Crippen LogP contribution in [0.1, 0.15) is 32.8 Å². The van der Waals surface area contributed by atoms with Gasteiger partial charge in [0.25, 0.3) is 10.0 Å². The smallest absolute Gasteiger partial charge is 0.263 e. The number of nitrogens with one attached hydrogen (secondary N) is 3. The molecular weight excluding hydrogens is 356 g/mol. The molecule has 3 N–H and O–H groups in total. The third-order valence-corrected chi connectivity index (χ3v) is 5.22. The number of amidine groups is 1. The molecule has 8 nitrogen and oxygen atoms in total.